The monoisotopic (exact) mass is 270 g/mol. The van der Waals surface area contributed by atoms with Crippen LogP contribution in [0.2, 0.25) is 0 Å². The molecular formula is C19H14N2. The first-order valence-corrected chi connectivity index (χ1v) is 7.01. The van der Waals surface area contributed by atoms with Crippen LogP contribution in [-0.4, -0.2) is 10.2 Å². The third kappa shape index (κ3) is 2.11. The van der Waals surface area contributed by atoms with Crippen molar-refractivity contribution in [2.45, 2.75) is 0 Å². The van der Waals surface area contributed by atoms with Crippen molar-refractivity contribution in [3.8, 4) is 22.4 Å². The summed E-state index contributed by atoms with van der Waals surface area (Å²) < 4.78 is 0. The van der Waals surface area contributed by atoms with E-state index in [0.29, 0.717) is 0 Å². The molecule has 0 radical (unpaired) electrons. The Bertz CT molecular complexity index is 892. The molecule has 1 aromatic heterocycles. The molecule has 0 spiro atoms. The Morgan fingerprint density at radius 2 is 1.33 bits per heavy atom. The van der Waals surface area contributed by atoms with Gasteiger partial charge in [0.2, 0.25) is 0 Å². The van der Waals surface area contributed by atoms with E-state index in [0.717, 1.165) is 22.2 Å². The highest BCUT2D eigenvalue weighted by molar-refractivity contribution is 5.93. The van der Waals surface area contributed by atoms with Crippen LogP contribution in [0.3, 0.4) is 0 Å². The molecular weight excluding hydrogens is 256 g/mol. The molecule has 0 amide bonds. The van der Waals surface area contributed by atoms with Gasteiger partial charge in [0, 0.05) is 10.9 Å². The highest BCUT2D eigenvalue weighted by Crippen LogP contribution is 2.29. The normalized spacial score (nSPS) is 10.9. The van der Waals surface area contributed by atoms with Gasteiger partial charge in [-0.3, -0.25) is 5.10 Å². The summed E-state index contributed by atoms with van der Waals surface area (Å²) in [5.41, 5.74) is 5.63. The minimum atomic E-state index is 1.00. The summed E-state index contributed by atoms with van der Waals surface area (Å²) >= 11 is 0. The van der Waals surface area contributed by atoms with Crippen molar-refractivity contribution in [3.63, 3.8) is 0 Å². The van der Waals surface area contributed by atoms with E-state index in [1.807, 2.05) is 24.3 Å². The van der Waals surface area contributed by atoms with E-state index in [1.54, 1.807) is 0 Å². The van der Waals surface area contributed by atoms with Crippen molar-refractivity contribution in [1.82, 2.24) is 10.2 Å². The summed E-state index contributed by atoms with van der Waals surface area (Å²) in [4.78, 5) is 0. The van der Waals surface area contributed by atoms with Gasteiger partial charge in [-0.05, 0) is 23.3 Å². The fourth-order valence-electron chi connectivity index (χ4n) is 2.66. The minimum absolute atomic E-state index is 1.00. The van der Waals surface area contributed by atoms with E-state index < -0.39 is 0 Å². The first-order valence-electron chi connectivity index (χ1n) is 7.01. The van der Waals surface area contributed by atoms with Crippen LogP contribution in [0.4, 0.5) is 0 Å². The number of aromatic nitrogens is 2. The van der Waals surface area contributed by atoms with Gasteiger partial charge in [-0.25, -0.2) is 0 Å². The molecule has 21 heavy (non-hydrogen) atoms. The molecule has 100 valence electrons. The number of nitrogens with one attached hydrogen (secondary N) is 1. The number of benzene rings is 3. The lowest BCUT2D eigenvalue weighted by Gasteiger charge is -2.04. The highest BCUT2D eigenvalue weighted by atomic mass is 15.1. The molecule has 2 nitrogen and oxygen atoms in total. The number of rotatable bonds is 2. The van der Waals surface area contributed by atoms with Gasteiger partial charge in [0.1, 0.15) is 0 Å². The number of hydrogen-bond acceptors (Lipinski definition) is 1. The van der Waals surface area contributed by atoms with Crippen LogP contribution >= 0.6 is 0 Å². The molecule has 0 saturated heterocycles. The molecule has 0 saturated carbocycles. The number of aromatic amines is 1. The molecule has 3 aromatic carbocycles. The number of fused-ring (bicyclic) bond motifs is 1. The van der Waals surface area contributed by atoms with Crippen molar-refractivity contribution >= 4 is 10.9 Å². The molecule has 0 bridgehead atoms. The molecule has 4 aromatic rings. The quantitative estimate of drug-likeness (QED) is 0.551. The van der Waals surface area contributed by atoms with E-state index >= 15 is 0 Å². The average molecular weight is 270 g/mol. The molecule has 0 fully saturated rings. The smallest absolute Gasteiger partial charge is 0.0999 e. The molecule has 0 atom stereocenters. The third-order valence-corrected chi connectivity index (χ3v) is 3.71. The Labute approximate surface area is 123 Å². The van der Waals surface area contributed by atoms with E-state index in [4.69, 9.17) is 0 Å². The van der Waals surface area contributed by atoms with Crippen molar-refractivity contribution < 1.29 is 0 Å². The summed E-state index contributed by atoms with van der Waals surface area (Å²) in [5, 5.41) is 8.73. The lowest BCUT2D eigenvalue weighted by atomic mass is 10.0. The van der Waals surface area contributed by atoms with Gasteiger partial charge < -0.3 is 0 Å². The third-order valence-electron chi connectivity index (χ3n) is 3.71. The van der Waals surface area contributed by atoms with Crippen LogP contribution in [-0.2, 0) is 0 Å². The van der Waals surface area contributed by atoms with Crippen molar-refractivity contribution in [2.75, 3.05) is 0 Å². The fourth-order valence-corrected chi connectivity index (χ4v) is 2.66. The van der Waals surface area contributed by atoms with E-state index in [2.05, 4.69) is 64.8 Å². The Morgan fingerprint density at radius 1 is 0.619 bits per heavy atom. The molecule has 4 rings (SSSR count). The fraction of sp³-hybridized carbons (Fsp3) is 0. The Balaban J connectivity index is 1.87. The summed E-state index contributed by atoms with van der Waals surface area (Å²) in [6, 6.07) is 27.1. The second-order valence-electron chi connectivity index (χ2n) is 5.06. The van der Waals surface area contributed by atoms with Gasteiger partial charge in [-0.1, -0.05) is 66.7 Å². The van der Waals surface area contributed by atoms with Crippen molar-refractivity contribution in [3.05, 3.63) is 78.9 Å². The topological polar surface area (TPSA) is 28.7 Å². The molecule has 1 N–H and O–H groups in total. The zero-order valence-electron chi connectivity index (χ0n) is 11.5. The molecule has 0 unspecified atom stereocenters. The van der Waals surface area contributed by atoms with E-state index in [9.17, 15) is 0 Å². The molecule has 0 aliphatic rings. The zero-order chi connectivity index (χ0) is 14.1. The highest BCUT2D eigenvalue weighted by Gasteiger charge is 2.08. The Kier molecular flexibility index (Phi) is 2.79. The Morgan fingerprint density at radius 3 is 2.24 bits per heavy atom. The van der Waals surface area contributed by atoms with Crippen LogP contribution in [0.5, 0.6) is 0 Å². The first-order chi connectivity index (χ1) is 10.4. The molecule has 2 heteroatoms. The lowest BCUT2D eigenvalue weighted by Crippen LogP contribution is -1.82. The van der Waals surface area contributed by atoms with Crippen molar-refractivity contribution in [2.24, 2.45) is 0 Å². The second kappa shape index (κ2) is 4.91. The van der Waals surface area contributed by atoms with Crippen LogP contribution in [0.15, 0.2) is 78.9 Å². The Hall–Kier alpha value is -2.87. The number of nitrogens with zero attached hydrogens (tertiary/aromatic N) is 1. The van der Waals surface area contributed by atoms with E-state index in [1.165, 1.54) is 11.1 Å². The van der Waals surface area contributed by atoms with E-state index in [-0.39, 0.29) is 0 Å². The first kappa shape index (κ1) is 11.9. The van der Waals surface area contributed by atoms with Gasteiger partial charge in [0.15, 0.2) is 0 Å². The maximum Gasteiger partial charge on any atom is 0.0999 e. The molecule has 1 heterocycles. The van der Waals surface area contributed by atoms with Crippen LogP contribution in [0.25, 0.3) is 33.3 Å². The predicted octanol–water partition coefficient (Wildman–Crippen LogP) is 4.90. The SMILES string of the molecule is c1ccc(-c2cccc(-c3n[nH]c4ccccc34)c2)cc1. The van der Waals surface area contributed by atoms with Crippen LogP contribution in [0.1, 0.15) is 0 Å². The minimum Gasteiger partial charge on any atom is -0.277 e. The maximum atomic E-state index is 4.48. The summed E-state index contributed by atoms with van der Waals surface area (Å²) in [5.74, 6) is 0. The van der Waals surface area contributed by atoms with Gasteiger partial charge in [-0.15, -0.1) is 0 Å². The van der Waals surface area contributed by atoms with Gasteiger partial charge >= 0.3 is 0 Å². The largest absolute Gasteiger partial charge is 0.277 e. The molecule has 0 aliphatic carbocycles. The van der Waals surface area contributed by atoms with Gasteiger partial charge in [0.05, 0.1) is 11.2 Å². The number of H-pyrrole nitrogens is 1. The van der Waals surface area contributed by atoms with Crippen molar-refractivity contribution in [1.29, 1.82) is 0 Å². The predicted molar refractivity (Wildman–Crippen MR) is 87.0 cm³/mol. The molecule has 0 aliphatic heterocycles. The standard InChI is InChI=1S/C19H14N2/c1-2-7-14(8-3-1)15-9-6-10-16(13-15)19-17-11-4-5-12-18(17)20-21-19/h1-13H,(H,20,21). The average Bonchev–Trinajstić information content (AvgIpc) is 3.00. The van der Waals surface area contributed by atoms with Crippen LogP contribution in [0, 0.1) is 0 Å². The zero-order valence-corrected chi connectivity index (χ0v) is 11.5. The van der Waals surface area contributed by atoms with Gasteiger partial charge in [-0.2, -0.15) is 5.10 Å². The second-order valence-corrected chi connectivity index (χ2v) is 5.06. The summed E-state index contributed by atoms with van der Waals surface area (Å²) in [7, 11) is 0. The van der Waals surface area contributed by atoms with Crippen LogP contribution < -0.4 is 0 Å². The number of hydrogen-bond donors (Lipinski definition) is 1. The summed E-state index contributed by atoms with van der Waals surface area (Å²) in [6.45, 7) is 0. The number of para-hydroxylation sites is 1. The van der Waals surface area contributed by atoms with Gasteiger partial charge in [0.25, 0.3) is 0 Å². The lowest BCUT2D eigenvalue weighted by molar-refractivity contribution is 1.12. The maximum absolute atomic E-state index is 4.48. The summed E-state index contributed by atoms with van der Waals surface area (Å²) in [6.07, 6.45) is 0.